The van der Waals surface area contributed by atoms with Crippen molar-refractivity contribution in [3.8, 4) is 11.6 Å². The monoisotopic (exact) mass is 399 g/mol. The number of carbonyl (C=O) groups is 1. The van der Waals surface area contributed by atoms with Crippen LogP contribution in [0.25, 0.3) is 22.7 Å². The van der Waals surface area contributed by atoms with E-state index in [1.54, 1.807) is 33.6 Å². The number of hydrogen-bond acceptors (Lipinski definition) is 7. The lowest BCUT2D eigenvalue weighted by Gasteiger charge is -2.08. The third kappa shape index (κ3) is 3.58. The lowest BCUT2D eigenvalue weighted by molar-refractivity contribution is -0.118. The Morgan fingerprint density at radius 1 is 1.11 bits per heavy atom. The number of nitrogens with zero attached hydrogens (tertiary/aromatic N) is 4. The quantitative estimate of drug-likeness (QED) is 0.450. The van der Waals surface area contributed by atoms with Crippen molar-refractivity contribution in [3.05, 3.63) is 53.2 Å². The highest BCUT2D eigenvalue weighted by molar-refractivity contribution is 7.99. The number of thioether (sulfide) groups is 1. The second kappa shape index (κ2) is 7.77. The van der Waals surface area contributed by atoms with Crippen molar-refractivity contribution in [2.24, 2.45) is 5.73 Å². The van der Waals surface area contributed by atoms with E-state index in [0.717, 1.165) is 5.52 Å². The Hall–Kier alpha value is -3.27. The van der Waals surface area contributed by atoms with Gasteiger partial charge in [-0.3, -0.25) is 13.9 Å². The van der Waals surface area contributed by atoms with Crippen molar-refractivity contribution in [3.63, 3.8) is 0 Å². The van der Waals surface area contributed by atoms with E-state index in [4.69, 9.17) is 14.6 Å². The molecule has 0 atom stereocenters. The summed E-state index contributed by atoms with van der Waals surface area (Å²) in [5.41, 5.74) is 6.60. The zero-order valence-electron chi connectivity index (χ0n) is 14.8. The summed E-state index contributed by atoms with van der Waals surface area (Å²) in [4.78, 5) is 23.3. The van der Waals surface area contributed by atoms with Gasteiger partial charge in [0.25, 0.3) is 0 Å². The Morgan fingerprint density at radius 3 is 2.75 bits per heavy atom. The molecule has 10 heteroatoms. The van der Waals surface area contributed by atoms with Gasteiger partial charge in [-0.05, 0) is 24.3 Å². The average Bonchev–Trinajstić information content (AvgIpc) is 3.39. The largest absolute Gasteiger partial charge is 0.461 e. The fourth-order valence-corrected chi connectivity index (χ4v) is 3.75. The van der Waals surface area contributed by atoms with E-state index < -0.39 is 11.7 Å². The number of aryl methyl sites for hydroxylation is 1. The molecule has 0 aliphatic rings. The SMILES string of the molecule is NC(=O)CCn1c(SCCn2c(=O)oc3ccccc32)nnc1-c1ccco1. The summed E-state index contributed by atoms with van der Waals surface area (Å²) < 4.78 is 14.0. The summed E-state index contributed by atoms with van der Waals surface area (Å²) in [5, 5.41) is 9.00. The normalized spacial score (nSPS) is 11.3. The van der Waals surface area contributed by atoms with Crippen LogP contribution in [0.1, 0.15) is 6.42 Å². The van der Waals surface area contributed by atoms with Gasteiger partial charge in [0.1, 0.15) is 0 Å². The van der Waals surface area contributed by atoms with E-state index in [0.29, 0.717) is 41.2 Å². The molecule has 0 bridgehead atoms. The van der Waals surface area contributed by atoms with Gasteiger partial charge in [-0.2, -0.15) is 0 Å². The van der Waals surface area contributed by atoms with Crippen molar-refractivity contribution in [2.45, 2.75) is 24.7 Å². The van der Waals surface area contributed by atoms with Crippen molar-refractivity contribution in [2.75, 3.05) is 5.75 Å². The van der Waals surface area contributed by atoms with Crippen LogP contribution in [-0.2, 0) is 17.9 Å². The number of aromatic nitrogens is 4. The van der Waals surface area contributed by atoms with Gasteiger partial charge in [-0.25, -0.2) is 4.79 Å². The van der Waals surface area contributed by atoms with Gasteiger partial charge >= 0.3 is 5.76 Å². The number of fused-ring (bicyclic) bond motifs is 1. The molecular formula is C18H17N5O4S. The molecule has 2 N–H and O–H groups in total. The third-order valence-electron chi connectivity index (χ3n) is 4.16. The van der Waals surface area contributed by atoms with Gasteiger partial charge in [0.05, 0.1) is 11.8 Å². The Labute approximate surface area is 163 Å². The molecule has 0 aliphatic carbocycles. The molecule has 3 heterocycles. The number of carbonyl (C=O) groups excluding carboxylic acids is 1. The summed E-state index contributed by atoms with van der Waals surface area (Å²) in [6.45, 7) is 0.786. The maximum Gasteiger partial charge on any atom is 0.419 e. The molecule has 0 unspecified atom stereocenters. The molecule has 144 valence electrons. The Kier molecular flexibility index (Phi) is 5.02. The molecule has 1 amide bonds. The summed E-state index contributed by atoms with van der Waals surface area (Å²) in [6.07, 6.45) is 1.71. The molecule has 0 saturated carbocycles. The van der Waals surface area contributed by atoms with Crippen molar-refractivity contribution in [1.29, 1.82) is 0 Å². The summed E-state index contributed by atoms with van der Waals surface area (Å²) in [7, 11) is 0. The van der Waals surface area contributed by atoms with Crippen LogP contribution in [0.3, 0.4) is 0 Å². The van der Waals surface area contributed by atoms with E-state index in [-0.39, 0.29) is 6.42 Å². The molecule has 0 radical (unpaired) electrons. The number of nitrogens with two attached hydrogens (primary N) is 1. The van der Waals surface area contributed by atoms with E-state index in [2.05, 4.69) is 10.2 Å². The van der Waals surface area contributed by atoms with E-state index in [1.807, 2.05) is 18.2 Å². The molecule has 1 aromatic carbocycles. The van der Waals surface area contributed by atoms with Crippen LogP contribution in [-0.4, -0.2) is 31.0 Å². The third-order valence-corrected chi connectivity index (χ3v) is 5.11. The Morgan fingerprint density at radius 2 is 1.96 bits per heavy atom. The predicted molar refractivity (Wildman–Crippen MR) is 103 cm³/mol. The fourth-order valence-electron chi connectivity index (χ4n) is 2.86. The summed E-state index contributed by atoms with van der Waals surface area (Å²) in [5.74, 6) is 0.844. The van der Waals surface area contributed by atoms with Crippen LogP contribution in [0.2, 0.25) is 0 Å². The number of amides is 1. The van der Waals surface area contributed by atoms with Crippen molar-refractivity contribution in [1.82, 2.24) is 19.3 Å². The smallest absolute Gasteiger partial charge is 0.419 e. The Bertz CT molecular complexity index is 1160. The topological polar surface area (TPSA) is 122 Å². The van der Waals surface area contributed by atoms with Crippen LogP contribution in [0, 0.1) is 0 Å². The number of benzene rings is 1. The standard InChI is InChI=1S/C18H17N5O4S/c19-15(24)7-8-23-16(14-6-3-10-26-14)20-21-17(23)28-11-9-22-12-4-1-2-5-13(12)27-18(22)25/h1-6,10H,7-9,11H2,(H2,19,24). The average molecular weight is 399 g/mol. The fraction of sp³-hybridized carbons (Fsp3) is 0.222. The van der Waals surface area contributed by atoms with Crippen molar-refractivity contribution < 1.29 is 13.6 Å². The minimum Gasteiger partial charge on any atom is -0.461 e. The van der Waals surface area contributed by atoms with Gasteiger partial charge in [0, 0.05) is 25.3 Å². The van der Waals surface area contributed by atoms with E-state index in [9.17, 15) is 9.59 Å². The number of oxazole rings is 1. The molecule has 4 aromatic rings. The number of primary amides is 1. The van der Waals surface area contributed by atoms with Crippen LogP contribution in [0.15, 0.2) is 61.4 Å². The predicted octanol–water partition coefficient (Wildman–Crippen LogP) is 2.11. The van der Waals surface area contributed by atoms with Gasteiger partial charge in [-0.1, -0.05) is 23.9 Å². The second-order valence-corrected chi connectivity index (χ2v) is 7.05. The van der Waals surface area contributed by atoms with Gasteiger partial charge < -0.3 is 14.6 Å². The maximum absolute atomic E-state index is 12.1. The van der Waals surface area contributed by atoms with Crippen LogP contribution >= 0.6 is 11.8 Å². The minimum absolute atomic E-state index is 0.158. The molecule has 0 aliphatic heterocycles. The molecule has 28 heavy (non-hydrogen) atoms. The van der Waals surface area contributed by atoms with Crippen LogP contribution < -0.4 is 11.5 Å². The van der Waals surface area contributed by atoms with Gasteiger partial charge in [0.2, 0.25) is 5.91 Å². The zero-order chi connectivity index (χ0) is 19.5. The summed E-state index contributed by atoms with van der Waals surface area (Å²) >= 11 is 1.43. The number of furan rings is 1. The molecule has 0 fully saturated rings. The summed E-state index contributed by atoms with van der Waals surface area (Å²) in [6, 6.07) is 10.8. The maximum atomic E-state index is 12.1. The first kappa shape index (κ1) is 18.1. The number of para-hydroxylation sites is 2. The molecular weight excluding hydrogens is 382 g/mol. The van der Waals surface area contributed by atoms with E-state index >= 15 is 0 Å². The second-order valence-electron chi connectivity index (χ2n) is 5.99. The zero-order valence-corrected chi connectivity index (χ0v) is 15.6. The molecule has 0 spiro atoms. The van der Waals surface area contributed by atoms with Crippen LogP contribution in [0.4, 0.5) is 0 Å². The first-order valence-corrected chi connectivity index (χ1v) is 9.58. The lowest BCUT2D eigenvalue weighted by atomic mass is 10.3. The molecule has 3 aromatic heterocycles. The number of hydrogen-bond donors (Lipinski definition) is 1. The molecule has 4 rings (SSSR count). The first-order valence-electron chi connectivity index (χ1n) is 8.60. The Balaban J connectivity index is 1.53. The molecule has 9 nitrogen and oxygen atoms in total. The lowest BCUT2D eigenvalue weighted by Crippen LogP contribution is -2.16. The highest BCUT2D eigenvalue weighted by atomic mass is 32.2. The number of rotatable bonds is 8. The van der Waals surface area contributed by atoms with Crippen molar-refractivity contribution >= 4 is 28.8 Å². The minimum atomic E-state index is -0.411. The highest BCUT2D eigenvalue weighted by Crippen LogP contribution is 2.25. The van der Waals surface area contributed by atoms with Gasteiger partial charge in [-0.15, -0.1) is 10.2 Å². The van der Waals surface area contributed by atoms with Crippen LogP contribution in [0.5, 0.6) is 0 Å². The first-order chi connectivity index (χ1) is 13.6. The highest BCUT2D eigenvalue weighted by Gasteiger charge is 2.17. The van der Waals surface area contributed by atoms with Gasteiger partial charge in [0.15, 0.2) is 22.3 Å². The van der Waals surface area contributed by atoms with E-state index in [1.165, 1.54) is 11.8 Å². The molecule has 0 saturated heterocycles.